The molecule has 0 unspecified atom stereocenters. The minimum atomic E-state index is -3.66. The highest BCUT2D eigenvalue weighted by molar-refractivity contribution is 7.98. The SMILES string of the molecule is COc1ccc(N(CC(=O)NCCSCc2cccc(C)c2)S(C)(=O)=O)cc1OC. The van der Waals surface area contributed by atoms with Gasteiger partial charge in [0, 0.05) is 24.1 Å². The van der Waals surface area contributed by atoms with E-state index in [1.54, 1.807) is 23.9 Å². The number of amides is 1. The van der Waals surface area contributed by atoms with E-state index in [4.69, 9.17) is 9.47 Å². The van der Waals surface area contributed by atoms with E-state index in [-0.39, 0.29) is 12.5 Å². The number of aryl methyl sites for hydroxylation is 1. The Morgan fingerprint density at radius 2 is 1.83 bits per heavy atom. The van der Waals surface area contributed by atoms with Crippen LogP contribution in [0.3, 0.4) is 0 Å². The summed E-state index contributed by atoms with van der Waals surface area (Å²) in [6, 6.07) is 13.0. The molecule has 0 radical (unpaired) electrons. The topological polar surface area (TPSA) is 84.9 Å². The van der Waals surface area contributed by atoms with E-state index in [1.165, 1.54) is 31.4 Å². The van der Waals surface area contributed by atoms with E-state index in [9.17, 15) is 13.2 Å². The normalized spacial score (nSPS) is 11.1. The summed E-state index contributed by atoms with van der Waals surface area (Å²) in [5.74, 6) is 2.08. The number of thioether (sulfide) groups is 1. The van der Waals surface area contributed by atoms with Crippen molar-refractivity contribution in [2.24, 2.45) is 0 Å². The Bertz CT molecular complexity index is 964. The number of rotatable bonds is 11. The number of benzene rings is 2. The van der Waals surface area contributed by atoms with Gasteiger partial charge in [-0.1, -0.05) is 29.8 Å². The Balaban J connectivity index is 1.91. The van der Waals surface area contributed by atoms with Crippen molar-refractivity contribution in [2.45, 2.75) is 12.7 Å². The number of nitrogens with one attached hydrogen (secondary N) is 1. The Hall–Kier alpha value is -2.39. The summed E-state index contributed by atoms with van der Waals surface area (Å²) in [6.07, 6.45) is 1.06. The first-order chi connectivity index (χ1) is 14.2. The molecule has 0 aliphatic heterocycles. The van der Waals surface area contributed by atoms with Gasteiger partial charge in [0.05, 0.1) is 26.2 Å². The summed E-state index contributed by atoms with van der Waals surface area (Å²) in [7, 11) is -0.700. The van der Waals surface area contributed by atoms with E-state index in [1.807, 2.05) is 6.07 Å². The number of ether oxygens (including phenoxy) is 2. The third kappa shape index (κ3) is 7.14. The van der Waals surface area contributed by atoms with Crippen molar-refractivity contribution in [2.75, 3.05) is 43.6 Å². The van der Waals surface area contributed by atoms with Crippen LogP contribution < -0.4 is 19.1 Å². The predicted molar refractivity (Wildman–Crippen MR) is 122 cm³/mol. The number of hydrogen-bond acceptors (Lipinski definition) is 6. The molecule has 0 saturated heterocycles. The third-order valence-electron chi connectivity index (χ3n) is 4.26. The molecule has 0 fully saturated rings. The average Bonchev–Trinajstić information content (AvgIpc) is 2.70. The van der Waals surface area contributed by atoms with Gasteiger partial charge in [-0.25, -0.2) is 8.42 Å². The molecule has 1 N–H and O–H groups in total. The van der Waals surface area contributed by atoms with Crippen LogP contribution >= 0.6 is 11.8 Å². The Morgan fingerprint density at radius 3 is 2.47 bits per heavy atom. The fourth-order valence-corrected chi connectivity index (χ4v) is 4.48. The number of anilines is 1. The smallest absolute Gasteiger partial charge is 0.240 e. The van der Waals surface area contributed by atoms with E-state index < -0.39 is 10.0 Å². The van der Waals surface area contributed by atoms with Gasteiger partial charge in [0.2, 0.25) is 15.9 Å². The van der Waals surface area contributed by atoms with E-state index in [2.05, 4.69) is 30.4 Å². The molecule has 1 amide bonds. The highest BCUT2D eigenvalue weighted by Crippen LogP contribution is 2.32. The fourth-order valence-electron chi connectivity index (χ4n) is 2.82. The first kappa shape index (κ1) is 23.9. The molecule has 7 nitrogen and oxygen atoms in total. The summed E-state index contributed by atoms with van der Waals surface area (Å²) >= 11 is 1.71. The van der Waals surface area contributed by atoms with Gasteiger partial charge in [-0.05, 0) is 24.6 Å². The van der Waals surface area contributed by atoms with Gasteiger partial charge in [0.15, 0.2) is 11.5 Å². The van der Waals surface area contributed by atoms with Gasteiger partial charge < -0.3 is 14.8 Å². The van der Waals surface area contributed by atoms with Crippen LogP contribution in [-0.2, 0) is 20.6 Å². The fraction of sp³-hybridized carbons (Fsp3) is 0.381. The van der Waals surface area contributed by atoms with Crippen LogP contribution in [0.5, 0.6) is 11.5 Å². The molecule has 164 valence electrons. The molecule has 9 heteroatoms. The maximum atomic E-state index is 12.3. The molecule has 2 aromatic rings. The van der Waals surface area contributed by atoms with Crippen molar-refractivity contribution in [1.82, 2.24) is 5.32 Å². The summed E-state index contributed by atoms with van der Waals surface area (Å²) in [5, 5.41) is 2.78. The summed E-state index contributed by atoms with van der Waals surface area (Å²) in [6.45, 7) is 2.20. The van der Waals surface area contributed by atoms with Crippen molar-refractivity contribution in [3.8, 4) is 11.5 Å². The quantitative estimate of drug-likeness (QED) is 0.528. The number of hydrogen-bond donors (Lipinski definition) is 1. The highest BCUT2D eigenvalue weighted by Gasteiger charge is 2.22. The lowest BCUT2D eigenvalue weighted by molar-refractivity contribution is -0.119. The molecule has 2 rings (SSSR count). The summed E-state index contributed by atoms with van der Waals surface area (Å²) in [5.41, 5.74) is 2.79. The minimum absolute atomic E-state index is 0.309. The molecule has 0 spiro atoms. The largest absolute Gasteiger partial charge is 0.493 e. The van der Waals surface area contributed by atoms with Gasteiger partial charge >= 0.3 is 0 Å². The van der Waals surface area contributed by atoms with Crippen LogP contribution in [0.1, 0.15) is 11.1 Å². The number of carbonyl (C=O) groups is 1. The molecule has 0 heterocycles. The van der Waals surface area contributed by atoms with Crippen LogP contribution in [0.2, 0.25) is 0 Å². The van der Waals surface area contributed by atoms with Gasteiger partial charge in [-0.3, -0.25) is 9.10 Å². The van der Waals surface area contributed by atoms with Gasteiger partial charge in [0.25, 0.3) is 0 Å². The molecule has 0 aliphatic carbocycles. The highest BCUT2D eigenvalue weighted by atomic mass is 32.2. The standard InChI is InChI=1S/C21H28N2O5S2/c1-16-6-5-7-17(12-16)15-29-11-10-22-21(24)14-23(30(4,25)26)18-8-9-19(27-2)20(13-18)28-3/h5-9,12-13H,10-11,14-15H2,1-4H3,(H,22,24). The Labute approximate surface area is 182 Å². The van der Waals surface area contributed by atoms with Crippen LogP contribution in [0, 0.1) is 6.92 Å². The van der Waals surface area contributed by atoms with Crippen molar-refractivity contribution in [3.63, 3.8) is 0 Å². The molecule has 0 aliphatic rings. The minimum Gasteiger partial charge on any atom is -0.493 e. The zero-order valence-electron chi connectivity index (χ0n) is 17.7. The van der Waals surface area contributed by atoms with Crippen molar-refractivity contribution in [3.05, 3.63) is 53.6 Å². The van der Waals surface area contributed by atoms with Gasteiger partial charge in [-0.2, -0.15) is 11.8 Å². The van der Waals surface area contributed by atoms with Crippen LogP contribution in [0.25, 0.3) is 0 Å². The molecular formula is C21H28N2O5S2. The van der Waals surface area contributed by atoms with E-state index in [0.29, 0.717) is 23.7 Å². The van der Waals surface area contributed by atoms with Crippen LogP contribution in [0.15, 0.2) is 42.5 Å². The molecule has 2 aromatic carbocycles. The molecule has 30 heavy (non-hydrogen) atoms. The number of nitrogens with zero attached hydrogens (tertiary/aromatic N) is 1. The monoisotopic (exact) mass is 452 g/mol. The van der Waals surface area contributed by atoms with Crippen LogP contribution in [0.4, 0.5) is 5.69 Å². The lowest BCUT2D eigenvalue weighted by Crippen LogP contribution is -2.41. The number of carbonyl (C=O) groups excluding carboxylic acids is 1. The zero-order chi connectivity index (χ0) is 22.1. The molecule has 0 bridgehead atoms. The second kappa shape index (κ2) is 11.1. The van der Waals surface area contributed by atoms with E-state index in [0.717, 1.165) is 22.1 Å². The summed E-state index contributed by atoms with van der Waals surface area (Å²) in [4.78, 5) is 12.3. The molecular weight excluding hydrogens is 424 g/mol. The molecule has 0 atom stereocenters. The Morgan fingerprint density at radius 1 is 1.10 bits per heavy atom. The molecule has 0 saturated carbocycles. The maximum Gasteiger partial charge on any atom is 0.240 e. The lowest BCUT2D eigenvalue weighted by Gasteiger charge is -2.23. The van der Waals surface area contributed by atoms with E-state index >= 15 is 0 Å². The number of methoxy groups -OCH3 is 2. The average molecular weight is 453 g/mol. The van der Waals surface area contributed by atoms with Crippen LogP contribution in [-0.4, -0.2) is 53.6 Å². The predicted octanol–water partition coefficient (Wildman–Crippen LogP) is 2.83. The van der Waals surface area contributed by atoms with Crippen molar-refractivity contribution >= 4 is 33.4 Å². The third-order valence-corrected chi connectivity index (χ3v) is 6.43. The van der Waals surface area contributed by atoms with Crippen molar-refractivity contribution < 1.29 is 22.7 Å². The second-order valence-electron chi connectivity index (χ2n) is 6.70. The lowest BCUT2D eigenvalue weighted by atomic mass is 10.2. The number of sulfonamides is 1. The summed E-state index contributed by atoms with van der Waals surface area (Å²) < 4.78 is 36.0. The first-order valence-corrected chi connectivity index (χ1v) is 12.3. The van der Waals surface area contributed by atoms with Gasteiger partial charge in [-0.15, -0.1) is 0 Å². The Kier molecular flexibility index (Phi) is 8.86. The molecule has 0 aromatic heterocycles. The second-order valence-corrected chi connectivity index (χ2v) is 9.71. The van der Waals surface area contributed by atoms with Crippen molar-refractivity contribution in [1.29, 1.82) is 0 Å². The maximum absolute atomic E-state index is 12.3. The zero-order valence-corrected chi connectivity index (χ0v) is 19.3. The van der Waals surface area contributed by atoms with Gasteiger partial charge in [0.1, 0.15) is 6.54 Å². The first-order valence-electron chi connectivity index (χ1n) is 9.34.